The zero-order valence-corrected chi connectivity index (χ0v) is 17.3. The summed E-state index contributed by atoms with van der Waals surface area (Å²) in [5, 5.41) is 13.1. The number of nitrogens with one attached hydrogen (secondary N) is 3. The van der Waals surface area contributed by atoms with E-state index in [2.05, 4.69) is 15.6 Å². The van der Waals surface area contributed by atoms with E-state index in [0.29, 0.717) is 22.5 Å². The van der Waals surface area contributed by atoms with Gasteiger partial charge in [-0.3, -0.25) is 9.78 Å². The fourth-order valence-corrected chi connectivity index (χ4v) is 2.77. The minimum atomic E-state index is -4.51. The van der Waals surface area contributed by atoms with Crippen LogP contribution in [0.4, 0.5) is 18.9 Å². The van der Waals surface area contributed by atoms with Crippen molar-refractivity contribution in [3.05, 3.63) is 65.0 Å². The number of anilines is 1. The first-order valence-corrected chi connectivity index (χ1v) is 9.67. The van der Waals surface area contributed by atoms with Gasteiger partial charge >= 0.3 is 6.18 Å². The maximum Gasteiger partial charge on any atom is 0.416 e. The molecule has 1 aromatic heterocycles. The van der Waals surface area contributed by atoms with Crippen LogP contribution in [0.3, 0.4) is 0 Å². The summed E-state index contributed by atoms with van der Waals surface area (Å²) in [4.78, 5) is 16.4. The number of carbonyl (C=O) groups is 1. The van der Waals surface area contributed by atoms with Crippen molar-refractivity contribution in [1.29, 1.82) is 5.41 Å². The normalized spacial score (nSPS) is 14.3. The number of hydrogen-bond acceptors (Lipinski definition) is 5. The molecule has 166 valence electrons. The summed E-state index contributed by atoms with van der Waals surface area (Å²) < 4.78 is 43.3. The molecule has 2 aromatic rings. The van der Waals surface area contributed by atoms with Crippen molar-refractivity contribution in [2.75, 3.05) is 31.6 Å². The lowest BCUT2D eigenvalue weighted by molar-refractivity contribution is -0.137. The minimum Gasteiger partial charge on any atom is -0.379 e. The predicted molar refractivity (Wildman–Crippen MR) is 114 cm³/mol. The fraction of sp³-hybridized carbons (Fsp3) is 0.318. The van der Waals surface area contributed by atoms with Gasteiger partial charge in [0.1, 0.15) is 0 Å². The Labute approximate surface area is 179 Å². The summed E-state index contributed by atoms with van der Waals surface area (Å²) in [7, 11) is 0. The molecule has 6 nitrogen and oxygen atoms in total. The van der Waals surface area contributed by atoms with E-state index in [4.69, 9.17) is 10.1 Å². The molecular weight excluding hydrogens is 409 g/mol. The number of alkyl halides is 3. The number of benzene rings is 1. The fourth-order valence-electron chi connectivity index (χ4n) is 2.77. The van der Waals surface area contributed by atoms with Crippen molar-refractivity contribution >= 4 is 23.4 Å². The Bertz CT molecular complexity index is 927. The van der Waals surface area contributed by atoms with Crippen LogP contribution in [0.25, 0.3) is 5.57 Å². The van der Waals surface area contributed by atoms with E-state index in [1.54, 1.807) is 26.0 Å². The van der Waals surface area contributed by atoms with Gasteiger partial charge in [0.15, 0.2) is 0 Å². The van der Waals surface area contributed by atoms with Gasteiger partial charge in [-0.05, 0) is 43.7 Å². The second-order valence-corrected chi connectivity index (χ2v) is 6.64. The summed E-state index contributed by atoms with van der Waals surface area (Å²) in [5.74, 6) is -0.667. The third-order valence-corrected chi connectivity index (χ3v) is 4.42. The average Bonchev–Trinajstić information content (AvgIpc) is 2.78. The number of morpholine rings is 1. The largest absolute Gasteiger partial charge is 0.416 e. The Morgan fingerprint density at radius 3 is 2.48 bits per heavy atom. The van der Waals surface area contributed by atoms with Gasteiger partial charge in [-0.25, -0.2) is 0 Å². The lowest BCUT2D eigenvalue weighted by Crippen LogP contribution is -2.30. The first kappa shape index (κ1) is 24.2. The molecule has 1 fully saturated rings. The maximum absolute atomic E-state index is 12.8. The van der Waals surface area contributed by atoms with Crippen molar-refractivity contribution in [1.82, 2.24) is 10.3 Å². The van der Waals surface area contributed by atoms with E-state index in [1.165, 1.54) is 24.5 Å². The van der Waals surface area contributed by atoms with Crippen LogP contribution >= 0.6 is 0 Å². The molecule has 1 aliphatic heterocycles. The lowest BCUT2D eigenvalue weighted by atomic mass is 10.0. The molecule has 3 rings (SSSR count). The number of ether oxygens (including phenoxy) is 1. The van der Waals surface area contributed by atoms with Crippen LogP contribution in [0.5, 0.6) is 0 Å². The molecule has 0 atom stereocenters. The van der Waals surface area contributed by atoms with E-state index >= 15 is 0 Å². The average molecular weight is 434 g/mol. The number of pyridine rings is 1. The number of aryl methyl sites for hydroxylation is 1. The highest BCUT2D eigenvalue weighted by atomic mass is 19.4. The van der Waals surface area contributed by atoms with Gasteiger partial charge < -0.3 is 20.8 Å². The molecule has 31 heavy (non-hydrogen) atoms. The molecule has 0 spiro atoms. The van der Waals surface area contributed by atoms with Crippen LogP contribution in [0.15, 0.2) is 42.6 Å². The monoisotopic (exact) mass is 434 g/mol. The first-order chi connectivity index (χ1) is 14.8. The topological polar surface area (TPSA) is 87.1 Å². The molecule has 1 aromatic carbocycles. The Morgan fingerprint density at radius 1 is 1.26 bits per heavy atom. The number of allylic oxidation sites excluding steroid dienone is 2. The summed E-state index contributed by atoms with van der Waals surface area (Å²) in [6.45, 7) is 7.37. The highest BCUT2D eigenvalue weighted by Gasteiger charge is 2.30. The van der Waals surface area contributed by atoms with Gasteiger partial charge in [0.2, 0.25) is 0 Å². The zero-order chi connectivity index (χ0) is 22.9. The third kappa shape index (κ3) is 7.30. The van der Waals surface area contributed by atoms with Crippen LogP contribution in [0, 0.1) is 12.3 Å². The number of rotatable bonds is 4. The molecule has 2 heterocycles. The van der Waals surface area contributed by atoms with E-state index < -0.39 is 17.6 Å². The summed E-state index contributed by atoms with van der Waals surface area (Å²) in [6, 6.07) is 5.83. The Morgan fingerprint density at radius 2 is 1.97 bits per heavy atom. The molecule has 9 heteroatoms. The highest BCUT2D eigenvalue weighted by molar-refractivity contribution is 6.09. The van der Waals surface area contributed by atoms with Gasteiger partial charge in [-0.15, -0.1) is 0 Å². The van der Waals surface area contributed by atoms with Crippen molar-refractivity contribution in [2.24, 2.45) is 0 Å². The number of aromatic nitrogens is 1. The Balaban J connectivity index is 0.000000488. The van der Waals surface area contributed by atoms with E-state index in [0.717, 1.165) is 38.4 Å². The molecule has 1 amide bonds. The minimum absolute atomic E-state index is 0.102. The number of nitrogens with zero attached hydrogens (tertiary/aromatic N) is 1. The standard InChI is InChI=1S/C18H16F3N3O.C4H9NO/c1-3-12(9-22)16-8-15(10-23-11(16)2)24-17(25)13-5-4-6-14(7-13)18(19,20)21;1-3-6-4-2-5-1/h3-10,22H,1-2H3,(H,24,25);5H,1-4H2. The van der Waals surface area contributed by atoms with Gasteiger partial charge in [-0.2, -0.15) is 13.2 Å². The van der Waals surface area contributed by atoms with Crippen LogP contribution in [-0.4, -0.2) is 43.4 Å². The molecular formula is C22H25F3N4O2. The molecule has 1 saturated heterocycles. The van der Waals surface area contributed by atoms with Gasteiger partial charge in [0.05, 0.1) is 30.7 Å². The van der Waals surface area contributed by atoms with Crippen molar-refractivity contribution in [3.63, 3.8) is 0 Å². The van der Waals surface area contributed by atoms with Crippen LogP contribution in [0.2, 0.25) is 0 Å². The van der Waals surface area contributed by atoms with Gasteiger partial charge in [-0.1, -0.05) is 12.1 Å². The van der Waals surface area contributed by atoms with Crippen LogP contribution < -0.4 is 10.6 Å². The van der Waals surface area contributed by atoms with Crippen molar-refractivity contribution < 1.29 is 22.7 Å². The molecule has 0 bridgehead atoms. The van der Waals surface area contributed by atoms with Crippen molar-refractivity contribution in [2.45, 2.75) is 20.0 Å². The number of halogens is 3. The van der Waals surface area contributed by atoms with E-state index in [-0.39, 0.29) is 5.56 Å². The number of amides is 1. The van der Waals surface area contributed by atoms with Gasteiger partial charge in [0.25, 0.3) is 5.91 Å². The third-order valence-electron chi connectivity index (χ3n) is 4.42. The molecule has 0 aliphatic carbocycles. The first-order valence-electron chi connectivity index (χ1n) is 9.67. The van der Waals surface area contributed by atoms with Crippen LogP contribution in [0.1, 0.15) is 34.1 Å². The summed E-state index contributed by atoms with van der Waals surface area (Å²) in [6.07, 6.45) is -0.195. The molecule has 0 radical (unpaired) electrons. The van der Waals surface area contributed by atoms with Gasteiger partial charge in [0, 0.05) is 36.1 Å². The highest BCUT2D eigenvalue weighted by Crippen LogP contribution is 2.29. The molecule has 1 aliphatic rings. The molecule has 0 saturated carbocycles. The second-order valence-electron chi connectivity index (χ2n) is 6.64. The molecule has 0 unspecified atom stereocenters. The van der Waals surface area contributed by atoms with E-state index in [1.807, 2.05) is 0 Å². The Kier molecular flexibility index (Phi) is 8.89. The number of carbonyl (C=O) groups excluding carboxylic acids is 1. The lowest BCUT2D eigenvalue weighted by Gasteiger charge is -2.11. The molecule has 3 N–H and O–H groups in total. The number of hydrogen-bond donors (Lipinski definition) is 3. The second kappa shape index (κ2) is 11.4. The summed E-state index contributed by atoms with van der Waals surface area (Å²) >= 11 is 0. The SMILES string of the molecule is C1COCCN1.CC=C(C=N)c1cc(NC(=O)c2cccc(C(F)(F)F)c2)cnc1C. The maximum atomic E-state index is 12.8. The Hall–Kier alpha value is -3.04. The quantitative estimate of drug-likeness (QED) is 0.626. The van der Waals surface area contributed by atoms with Crippen LogP contribution in [-0.2, 0) is 10.9 Å². The van der Waals surface area contributed by atoms with E-state index in [9.17, 15) is 18.0 Å². The smallest absolute Gasteiger partial charge is 0.379 e. The summed E-state index contributed by atoms with van der Waals surface area (Å²) in [5.41, 5.74) is 1.32. The zero-order valence-electron chi connectivity index (χ0n) is 17.3. The predicted octanol–water partition coefficient (Wildman–Crippen LogP) is 4.32. The van der Waals surface area contributed by atoms with Crippen molar-refractivity contribution in [3.8, 4) is 0 Å².